The van der Waals surface area contributed by atoms with E-state index in [4.69, 9.17) is 33.5 Å². The summed E-state index contributed by atoms with van der Waals surface area (Å²) in [6.45, 7) is 13.7. The first-order valence-corrected chi connectivity index (χ1v) is 34.7. The van der Waals surface area contributed by atoms with Crippen molar-refractivity contribution < 1.29 is 38.3 Å². The molecule has 6 fully saturated rings. The molecule has 6 aliphatic rings. The van der Waals surface area contributed by atoms with E-state index in [9.17, 15) is 20.6 Å². The highest BCUT2D eigenvalue weighted by Crippen LogP contribution is 2.33. The van der Waals surface area contributed by atoms with Gasteiger partial charge in [0.15, 0.2) is 17.5 Å². The average Bonchev–Trinajstić information content (AvgIpc) is 1.44. The molecule has 6 N–H and O–H groups in total. The third-order valence-electron chi connectivity index (χ3n) is 18.1. The number of rotatable bonds is 19. The van der Waals surface area contributed by atoms with Crippen LogP contribution in [0.5, 0.6) is 17.2 Å². The van der Waals surface area contributed by atoms with Crippen molar-refractivity contribution in [2.75, 3.05) is 155 Å². The number of aliphatic hydroxyl groups is 1. The topological polar surface area (TPSA) is 314 Å². The minimum Gasteiger partial charge on any atom is -0.488 e. The van der Waals surface area contributed by atoms with E-state index < -0.39 is 6.61 Å². The van der Waals surface area contributed by atoms with Crippen molar-refractivity contribution in [3.05, 3.63) is 181 Å². The van der Waals surface area contributed by atoms with Crippen LogP contribution in [0.4, 0.5) is 51.6 Å². The number of nitrogens with one attached hydrogen (secondary N) is 5. The molecule has 1 amide bonds. The van der Waals surface area contributed by atoms with Crippen molar-refractivity contribution in [2.24, 2.45) is 0 Å². The normalized spacial score (nSPS) is 17.8. The standard InChI is InChI=1S/C27H28N6O4.2C25H26N6O2/c28-16-20-14-19(4-5-24(20)37-23-7-9-33(17-23)26(35)18-34)27-29-8-6-25(31-27)30-21-2-1-3-22(15-21)32-10-12-36-13-11-32;26-16-19-15-18(1-6-23(19)33-22-7-9-27-17-22)25-28-10-8-24(30-25)29-20-2-4-21(5-3-20)31-11-13-32-14-12-31;26-16-19-14-18(4-5-23(19)33-22-6-8-27-17-22)25-28-9-7-24(30-25)29-20-2-1-3-21(15-20)31-10-12-32-13-11-31/h1-6,8,14-15,23,34H,7,9-13,17-18H2,(H,29,30,31);1-6,8,10,15,22,27H,7,9,11-14,17H2,(H,28,29,30);1-5,7,9,14-15,22,27H,6,8,10-13,17H2,(H,28,29,30)/t23-;2*22-/m111/s1. The number of ether oxygens (including phenoxy) is 6. The summed E-state index contributed by atoms with van der Waals surface area (Å²) in [7, 11) is 0. The lowest BCUT2D eigenvalue weighted by atomic mass is 10.1. The molecule has 0 aliphatic carbocycles. The van der Waals surface area contributed by atoms with E-state index in [0.717, 1.165) is 157 Å². The number of hydrogen-bond acceptors (Lipinski definition) is 25. The Labute approximate surface area is 597 Å². The highest BCUT2D eigenvalue weighted by Gasteiger charge is 2.29. The van der Waals surface area contributed by atoms with Crippen LogP contribution in [0.2, 0.25) is 0 Å². The molecule has 3 atom stereocenters. The third kappa shape index (κ3) is 18.7. The Kier molecular flexibility index (Phi) is 23.5. The molecule has 0 radical (unpaired) electrons. The molecular formula is C77H80N18O8. The second kappa shape index (κ2) is 34.7. The van der Waals surface area contributed by atoms with Crippen LogP contribution in [0, 0.1) is 34.0 Å². The summed E-state index contributed by atoms with van der Waals surface area (Å²) in [5, 5.41) is 54.7. The Bertz CT molecular complexity index is 4480. The van der Waals surface area contributed by atoms with E-state index in [1.807, 2.05) is 78.9 Å². The number of hydrogen-bond donors (Lipinski definition) is 6. The number of carbonyl (C=O) groups is 1. The van der Waals surface area contributed by atoms with Gasteiger partial charge in [0, 0.05) is 135 Å². The minimum atomic E-state index is -0.516. The zero-order valence-corrected chi connectivity index (χ0v) is 57.0. The fraction of sp³-hybridized carbons (Fsp3) is 0.325. The number of morpholine rings is 3. The second-order valence-electron chi connectivity index (χ2n) is 25.1. The number of aromatic nitrogens is 6. The Balaban J connectivity index is 0.000000138. The number of benzene rings is 6. The molecule has 6 aromatic carbocycles. The van der Waals surface area contributed by atoms with Gasteiger partial charge < -0.3 is 79.7 Å². The van der Waals surface area contributed by atoms with Crippen LogP contribution >= 0.6 is 0 Å². The number of aliphatic hydroxyl groups excluding tert-OH is 1. The quantitative estimate of drug-likeness (QED) is 0.0439. The smallest absolute Gasteiger partial charge is 0.248 e. The first kappa shape index (κ1) is 69.9. The lowest BCUT2D eigenvalue weighted by Gasteiger charge is -2.29. The molecular weight excluding hydrogens is 1300 g/mol. The largest absolute Gasteiger partial charge is 0.488 e. The maximum absolute atomic E-state index is 11.7. The molecule has 0 bridgehead atoms. The molecule has 6 saturated heterocycles. The van der Waals surface area contributed by atoms with Gasteiger partial charge in [-0.2, -0.15) is 15.8 Å². The Morgan fingerprint density at radius 2 is 0.864 bits per heavy atom. The molecule has 26 nitrogen and oxygen atoms in total. The van der Waals surface area contributed by atoms with Gasteiger partial charge >= 0.3 is 0 Å². The first-order chi connectivity index (χ1) is 50.7. The molecule has 103 heavy (non-hydrogen) atoms. The fourth-order valence-corrected chi connectivity index (χ4v) is 12.7. The van der Waals surface area contributed by atoms with Crippen LogP contribution < -0.4 is 55.5 Å². The van der Waals surface area contributed by atoms with Crippen molar-refractivity contribution in [1.29, 1.82) is 15.8 Å². The zero-order chi connectivity index (χ0) is 70.5. The van der Waals surface area contributed by atoms with Gasteiger partial charge in [0.05, 0.1) is 62.9 Å². The summed E-state index contributed by atoms with van der Waals surface area (Å²) in [5.74, 6) is 4.94. The third-order valence-corrected chi connectivity index (χ3v) is 18.1. The average molecular weight is 1390 g/mol. The van der Waals surface area contributed by atoms with E-state index >= 15 is 0 Å². The van der Waals surface area contributed by atoms with Crippen molar-refractivity contribution >= 4 is 57.5 Å². The van der Waals surface area contributed by atoms with Crippen molar-refractivity contribution in [1.82, 2.24) is 45.4 Å². The summed E-state index contributed by atoms with van der Waals surface area (Å²) < 4.78 is 34.3. The highest BCUT2D eigenvalue weighted by molar-refractivity contribution is 5.77. The molecule has 526 valence electrons. The van der Waals surface area contributed by atoms with Crippen molar-refractivity contribution in [3.8, 4) is 69.6 Å². The van der Waals surface area contributed by atoms with E-state index in [0.29, 0.717) is 93.9 Å². The van der Waals surface area contributed by atoms with Gasteiger partial charge in [0.25, 0.3) is 0 Å². The SMILES string of the molecule is N#Cc1cc(-c2nccc(Nc3ccc(N4CCOCC4)cc3)n2)ccc1O[C@@H]1CCNC1.N#Cc1cc(-c2nccc(Nc3cccc(N4CCOCC4)c3)n2)ccc1O[C@@H]1CCN(C(=O)CO)C1.N#Cc1cc(-c2nccc(Nc3cccc(N4CCOCC4)c3)n2)ccc1O[C@@H]1CCNC1. The van der Waals surface area contributed by atoms with Gasteiger partial charge in [-0.3, -0.25) is 4.79 Å². The summed E-state index contributed by atoms with van der Waals surface area (Å²) in [6, 6.07) is 53.2. The fourth-order valence-electron chi connectivity index (χ4n) is 12.7. The molecule has 3 aromatic heterocycles. The van der Waals surface area contributed by atoms with Crippen LogP contribution in [0.3, 0.4) is 0 Å². The van der Waals surface area contributed by atoms with Crippen molar-refractivity contribution in [3.63, 3.8) is 0 Å². The minimum absolute atomic E-state index is 0.0972. The summed E-state index contributed by atoms with van der Waals surface area (Å²) in [6.07, 6.45) is 7.60. The van der Waals surface area contributed by atoms with E-state index in [1.165, 1.54) is 5.69 Å². The van der Waals surface area contributed by atoms with Crippen molar-refractivity contribution in [2.45, 2.75) is 37.6 Å². The monoisotopic (exact) mass is 1380 g/mol. The summed E-state index contributed by atoms with van der Waals surface area (Å²) in [5.41, 5.74) is 9.87. The number of carbonyl (C=O) groups excluding carboxylic acids is 1. The summed E-state index contributed by atoms with van der Waals surface area (Å²) in [4.78, 5) is 47.4. The lowest BCUT2D eigenvalue weighted by molar-refractivity contribution is -0.133. The molecule has 0 unspecified atom stereocenters. The van der Waals surface area contributed by atoms with Crippen LogP contribution in [0.15, 0.2) is 164 Å². The van der Waals surface area contributed by atoms with Crippen LogP contribution in [-0.4, -0.2) is 189 Å². The number of anilines is 9. The zero-order valence-electron chi connectivity index (χ0n) is 57.0. The van der Waals surface area contributed by atoms with Crippen LogP contribution in [-0.2, 0) is 19.0 Å². The molecule has 0 saturated carbocycles. The molecule has 26 heteroatoms. The Morgan fingerprint density at radius 3 is 1.25 bits per heavy atom. The number of likely N-dealkylation sites (tertiary alicyclic amines) is 1. The second-order valence-corrected chi connectivity index (χ2v) is 25.1. The van der Waals surface area contributed by atoms with E-state index in [-0.39, 0.29) is 24.2 Å². The molecule has 0 spiro atoms. The molecule has 6 aliphatic heterocycles. The van der Waals surface area contributed by atoms with Gasteiger partial charge in [-0.15, -0.1) is 0 Å². The van der Waals surface area contributed by atoms with Gasteiger partial charge in [-0.25, -0.2) is 29.9 Å². The molecule has 15 rings (SSSR count). The summed E-state index contributed by atoms with van der Waals surface area (Å²) >= 11 is 0. The van der Waals surface area contributed by atoms with E-state index in [2.05, 4.69) is 126 Å². The number of nitriles is 3. The van der Waals surface area contributed by atoms with Gasteiger partial charge in [-0.05, 0) is 159 Å². The van der Waals surface area contributed by atoms with Crippen LogP contribution in [0.1, 0.15) is 36.0 Å². The predicted octanol–water partition coefficient (Wildman–Crippen LogP) is 9.24. The molecule has 9 heterocycles. The van der Waals surface area contributed by atoms with E-state index in [1.54, 1.807) is 53.8 Å². The highest BCUT2D eigenvalue weighted by atomic mass is 16.5. The maximum atomic E-state index is 11.7. The first-order valence-electron chi connectivity index (χ1n) is 34.7. The van der Waals surface area contributed by atoms with Crippen LogP contribution in [0.25, 0.3) is 34.2 Å². The van der Waals surface area contributed by atoms with Gasteiger partial charge in [-0.1, -0.05) is 12.1 Å². The number of amides is 1. The molecule has 9 aromatic rings. The Morgan fingerprint density at radius 1 is 0.466 bits per heavy atom. The predicted molar refractivity (Wildman–Crippen MR) is 391 cm³/mol. The maximum Gasteiger partial charge on any atom is 0.248 e. The Hall–Kier alpha value is -11.5. The lowest BCUT2D eigenvalue weighted by Crippen LogP contribution is -2.36. The van der Waals surface area contributed by atoms with Gasteiger partial charge in [0.2, 0.25) is 5.91 Å². The van der Waals surface area contributed by atoms with Gasteiger partial charge in [0.1, 0.15) is 77.8 Å². The number of nitrogens with zero attached hydrogens (tertiary/aromatic N) is 13.